The van der Waals surface area contributed by atoms with Crippen LogP contribution in [0.5, 0.6) is 5.75 Å². The fraction of sp³-hybridized carbons (Fsp3) is 0.625. The van der Waals surface area contributed by atoms with Crippen LogP contribution in [0.2, 0.25) is 5.02 Å². The Balaban J connectivity index is 2.32. The molecule has 0 bridgehead atoms. The van der Waals surface area contributed by atoms with Gasteiger partial charge in [0.05, 0.1) is 19.3 Å². The summed E-state index contributed by atoms with van der Waals surface area (Å²) in [5.74, 6) is 1.40. The van der Waals surface area contributed by atoms with Gasteiger partial charge >= 0.3 is 0 Å². The lowest BCUT2D eigenvalue weighted by molar-refractivity contribution is 0.0599. The minimum Gasteiger partial charge on any atom is -0.496 e. The van der Waals surface area contributed by atoms with Crippen LogP contribution in [-0.2, 0) is 4.74 Å². The second kappa shape index (κ2) is 7.30. The Bertz CT molecular complexity index is 438. The molecular weight excluding hydrogens is 274 g/mol. The molecule has 4 heteroatoms. The monoisotopic (exact) mass is 297 g/mol. The summed E-state index contributed by atoms with van der Waals surface area (Å²) >= 11 is 6.17. The molecule has 1 aromatic carbocycles. The minimum absolute atomic E-state index is 0.126. The molecular formula is C16H24ClNO2. The van der Waals surface area contributed by atoms with Gasteiger partial charge in [-0.3, -0.25) is 0 Å². The van der Waals surface area contributed by atoms with Gasteiger partial charge in [0.15, 0.2) is 0 Å². The van der Waals surface area contributed by atoms with Crippen LogP contribution in [0, 0.1) is 5.92 Å². The molecule has 0 radical (unpaired) electrons. The number of nitrogens with one attached hydrogen (secondary N) is 1. The molecule has 3 nitrogen and oxygen atoms in total. The van der Waals surface area contributed by atoms with Crippen LogP contribution < -0.4 is 10.1 Å². The third kappa shape index (κ3) is 3.46. The molecule has 0 aromatic heterocycles. The molecule has 112 valence electrons. The van der Waals surface area contributed by atoms with E-state index in [2.05, 4.69) is 19.2 Å². The van der Waals surface area contributed by atoms with E-state index >= 15 is 0 Å². The summed E-state index contributed by atoms with van der Waals surface area (Å²) in [6.07, 6.45) is 2.37. The van der Waals surface area contributed by atoms with E-state index in [9.17, 15) is 0 Å². The third-order valence-corrected chi connectivity index (χ3v) is 4.15. The van der Waals surface area contributed by atoms with Crippen molar-refractivity contribution in [2.75, 3.05) is 20.3 Å². The Labute approximate surface area is 126 Å². The average molecular weight is 298 g/mol. The van der Waals surface area contributed by atoms with Gasteiger partial charge in [0.1, 0.15) is 5.75 Å². The predicted molar refractivity (Wildman–Crippen MR) is 82.6 cm³/mol. The second-order valence-corrected chi connectivity index (χ2v) is 5.86. The third-order valence-electron chi connectivity index (χ3n) is 3.91. The van der Waals surface area contributed by atoms with Crippen molar-refractivity contribution >= 4 is 11.6 Å². The predicted octanol–water partition coefficient (Wildman–Crippen LogP) is 3.81. The molecule has 1 heterocycles. The van der Waals surface area contributed by atoms with Crippen molar-refractivity contribution in [3.8, 4) is 5.75 Å². The van der Waals surface area contributed by atoms with Gasteiger partial charge in [0.25, 0.3) is 0 Å². The van der Waals surface area contributed by atoms with Crippen molar-refractivity contribution in [2.45, 2.75) is 38.8 Å². The lowest BCUT2D eigenvalue weighted by Crippen LogP contribution is -2.35. The number of halogens is 1. The van der Waals surface area contributed by atoms with Crippen molar-refractivity contribution < 1.29 is 9.47 Å². The molecule has 1 saturated heterocycles. The first-order chi connectivity index (χ1) is 9.67. The zero-order valence-corrected chi connectivity index (χ0v) is 13.2. The van der Waals surface area contributed by atoms with Gasteiger partial charge in [0, 0.05) is 17.2 Å². The number of rotatable bonds is 6. The Morgan fingerprint density at radius 1 is 1.50 bits per heavy atom. The molecule has 3 atom stereocenters. The van der Waals surface area contributed by atoms with Crippen molar-refractivity contribution in [1.29, 1.82) is 0 Å². The highest BCUT2D eigenvalue weighted by atomic mass is 35.5. The number of hydrogen-bond donors (Lipinski definition) is 1. The summed E-state index contributed by atoms with van der Waals surface area (Å²) < 4.78 is 11.5. The van der Waals surface area contributed by atoms with Gasteiger partial charge in [0.2, 0.25) is 0 Å². The van der Waals surface area contributed by atoms with E-state index in [1.54, 1.807) is 7.11 Å². The van der Waals surface area contributed by atoms with Crippen LogP contribution in [0.15, 0.2) is 18.2 Å². The van der Waals surface area contributed by atoms with Gasteiger partial charge in [-0.05, 0) is 43.5 Å². The average Bonchev–Trinajstić information content (AvgIpc) is 2.86. The van der Waals surface area contributed by atoms with Gasteiger partial charge in [-0.1, -0.05) is 25.4 Å². The van der Waals surface area contributed by atoms with Gasteiger partial charge in [-0.2, -0.15) is 0 Å². The molecule has 2 rings (SSSR count). The van der Waals surface area contributed by atoms with Crippen LogP contribution in [0.1, 0.15) is 38.3 Å². The van der Waals surface area contributed by atoms with Crippen LogP contribution in [0.25, 0.3) is 0 Å². The molecule has 0 amide bonds. The van der Waals surface area contributed by atoms with Crippen molar-refractivity contribution in [1.82, 2.24) is 5.32 Å². The fourth-order valence-electron chi connectivity index (χ4n) is 2.79. The zero-order chi connectivity index (χ0) is 14.5. The molecule has 1 fully saturated rings. The first-order valence-electron chi connectivity index (χ1n) is 7.35. The van der Waals surface area contributed by atoms with E-state index in [-0.39, 0.29) is 12.1 Å². The van der Waals surface area contributed by atoms with Crippen LogP contribution in [0.4, 0.5) is 0 Å². The standard InChI is InChI=1S/C16H24ClNO2/c1-4-8-18-15(16-11(2)7-9-20-16)13-10-12(17)5-6-14(13)19-3/h5-6,10-11,15-16,18H,4,7-9H2,1-3H3. The SMILES string of the molecule is CCCNC(c1cc(Cl)ccc1OC)C1OCCC1C. The van der Waals surface area contributed by atoms with E-state index in [0.717, 1.165) is 42.3 Å². The van der Waals surface area contributed by atoms with Crippen molar-refractivity contribution in [2.24, 2.45) is 5.92 Å². The van der Waals surface area contributed by atoms with Gasteiger partial charge in [-0.15, -0.1) is 0 Å². The lowest BCUT2D eigenvalue weighted by atomic mass is 9.92. The van der Waals surface area contributed by atoms with Gasteiger partial charge < -0.3 is 14.8 Å². The summed E-state index contributed by atoms with van der Waals surface area (Å²) in [4.78, 5) is 0. The summed E-state index contributed by atoms with van der Waals surface area (Å²) in [6.45, 7) is 6.19. The second-order valence-electron chi connectivity index (χ2n) is 5.42. The molecule has 1 aliphatic rings. The summed E-state index contributed by atoms with van der Waals surface area (Å²) in [5.41, 5.74) is 1.09. The number of methoxy groups -OCH3 is 1. The molecule has 0 saturated carbocycles. The molecule has 1 aromatic rings. The van der Waals surface area contributed by atoms with Crippen LogP contribution in [0.3, 0.4) is 0 Å². The molecule has 0 aliphatic carbocycles. The highest BCUT2D eigenvalue weighted by Crippen LogP contribution is 2.36. The molecule has 1 aliphatic heterocycles. The van der Waals surface area contributed by atoms with E-state index in [0.29, 0.717) is 5.92 Å². The zero-order valence-electron chi connectivity index (χ0n) is 12.5. The molecule has 0 spiro atoms. The van der Waals surface area contributed by atoms with E-state index < -0.39 is 0 Å². The largest absolute Gasteiger partial charge is 0.496 e. The van der Waals surface area contributed by atoms with Crippen molar-refractivity contribution in [3.05, 3.63) is 28.8 Å². The van der Waals surface area contributed by atoms with Crippen LogP contribution in [-0.4, -0.2) is 26.4 Å². The van der Waals surface area contributed by atoms with E-state index in [1.165, 1.54) is 0 Å². The topological polar surface area (TPSA) is 30.5 Å². The molecule has 20 heavy (non-hydrogen) atoms. The smallest absolute Gasteiger partial charge is 0.123 e. The number of hydrogen-bond acceptors (Lipinski definition) is 3. The van der Waals surface area contributed by atoms with E-state index in [4.69, 9.17) is 21.1 Å². The Morgan fingerprint density at radius 2 is 2.30 bits per heavy atom. The molecule has 3 unspecified atom stereocenters. The van der Waals surface area contributed by atoms with E-state index in [1.807, 2.05) is 18.2 Å². The van der Waals surface area contributed by atoms with Crippen LogP contribution >= 0.6 is 11.6 Å². The highest BCUT2D eigenvalue weighted by Gasteiger charge is 2.34. The Kier molecular flexibility index (Phi) is 5.70. The summed E-state index contributed by atoms with van der Waals surface area (Å²) in [7, 11) is 1.70. The van der Waals surface area contributed by atoms with Crippen molar-refractivity contribution in [3.63, 3.8) is 0 Å². The summed E-state index contributed by atoms with van der Waals surface area (Å²) in [5, 5.41) is 4.33. The first kappa shape index (κ1) is 15.6. The number of ether oxygens (including phenoxy) is 2. The Hall–Kier alpha value is -0.770. The lowest BCUT2D eigenvalue weighted by Gasteiger charge is -2.29. The number of benzene rings is 1. The highest BCUT2D eigenvalue weighted by molar-refractivity contribution is 6.30. The quantitative estimate of drug-likeness (QED) is 0.866. The summed E-state index contributed by atoms with van der Waals surface area (Å²) in [6, 6.07) is 5.90. The normalized spacial score (nSPS) is 23.8. The molecule has 1 N–H and O–H groups in total. The minimum atomic E-state index is 0.126. The maximum Gasteiger partial charge on any atom is 0.123 e. The van der Waals surface area contributed by atoms with Gasteiger partial charge in [-0.25, -0.2) is 0 Å². The Morgan fingerprint density at radius 3 is 2.90 bits per heavy atom. The maximum atomic E-state index is 6.17. The fourth-order valence-corrected chi connectivity index (χ4v) is 2.98. The maximum absolute atomic E-state index is 6.17. The first-order valence-corrected chi connectivity index (χ1v) is 7.73.